The van der Waals surface area contributed by atoms with Gasteiger partial charge in [0, 0.05) is 12.8 Å². The van der Waals surface area contributed by atoms with Crippen LogP contribution in [0.5, 0.6) is 5.75 Å². The van der Waals surface area contributed by atoms with E-state index in [9.17, 15) is 34.2 Å². The molecular formula is C24H35N5O7. The lowest BCUT2D eigenvalue weighted by molar-refractivity contribution is -0.143. The number of carbonyl (C=O) groups excluding carboxylic acids is 4. The number of amides is 4. The van der Waals surface area contributed by atoms with Crippen LogP contribution in [0, 0.1) is 5.92 Å². The molecule has 0 saturated carbocycles. The molecule has 1 aromatic carbocycles. The summed E-state index contributed by atoms with van der Waals surface area (Å²) in [4.78, 5) is 61.8. The lowest BCUT2D eigenvalue weighted by Gasteiger charge is -2.26. The van der Waals surface area contributed by atoms with E-state index in [0.717, 1.165) is 6.42 Å². The van der Waals surface area contributed by atoms with Crippen molar-refractivity contribution < 1.29 is 34.2 Å². The molecule has 1 aliphatic heterocycles. The number of benzene rings is 1. The number of hydrogen-bond donors (Lipinski definition) is 7. The number of aromatic hydroxyl groups is 1. The number of carboxylic acid groups (broad SMARTS) is 1. The van der Waals surface area contributed by atoms with Gasteiger partial charge < -0.3 is 37.2 Å². The molecule has 0 aromatic heterocycles. The second-order valence-electron chi connectivity index (χ2n) is 9.22. The summed E-state index contributed by atoms with van der Waals surface area (Å²) in [5.74, 6) is -4.15. The third-order valence-electron chi connectivity index (χ3n) is 5.93. The molecule has 0 spiro atoms. The van der Waals surface area contributed by atoms with Crippen LogP contribution in [-0.2, 0) is 30.4 Å². The minimum absolute atomic E-state index is 0.0419. The number of nitrogens with two attached hydrogens (primary N) is 1. The molecule has 1 aliphatic rings. The first-order valence-corrected chi connectivity index (χ1v) is 11.9. The van der Waals surface area contributed by atoms with Crippen LogP contribution in [0.3, 0.4) is 0 Å². The zero-order valence-corrected chi connectivity index (χ0v) is 20.5. The van der Waals surface area contributed by atoms with Crippen molar-refractivity contribution in [1.29, 1.82) is 0 Å². The highest BCUT2D eigenvalue weighted by molar-refractivity contribution is 5.94. The van der Waals surface area contributed by atoms with Crippen molar-refractivity contribution in [3.8, 4) is 5.75 Å². The molecule has 198 valence electrons. The predicted molar refractivity (Wildman–Crippen MR) is 130 cm³/mol. The molecule has 1 heterocycles. The number of hydrogen-bond acceptors (Lipinski definition) is 7. The summed E-state index contributed by atoms with van der Waals surface area (Å²) in [5, 5.41) is 29.7. The van der Waals surface area contributed by atoms with Gasteiger partial charge >= 0.3 is 5.97 Å². The molecule has 1 fully saturated rings. The van der Waals surface area contributed by atoms with Crippen molar-refractivity contribution in [3.63, 3.8) is 0 Å². The largest absolute Gasteiger partial charge is 0.508 e. The Labute approximate surface area is 209 Å². The van der Waals surface area contributed by atoms with Gasteiger partial charge in [0.1, 0.15) is 23.9 Å². The third kappa shape index (κ3) is 8.84. The van der Waals surface area contributed by atoms with Crippen molar-refractivity contribution in [2.24, 2.45) is 11.7 Å². The Morgan fingerprint density at radius 1 is 1.03 bits per heavy atom. The maximum atomic E-state index is 13.3. The summed E-state index contributed by atoms with van der Waals surface area (Å²) in [6, 6.07) is 2.13. The Morgan fingerprint density at radius 3 is 2.19 bits per heavy atom. The standard InChI is InChI=1S/C24H35N5O7/c1-13(2)20(24(35)36)29-22(33)17(9-10-19(25)31)27-23(34)18(12-14-5-7-15(30)8-6-14)28-21(32)16-4-3-11-26-16/h5-8,13,16-18,20,26,30H,3-4,9-12H2,1-2H3,(H2,25,31)(H,27,34)(H,28,32)(H,29,33)(H,35,36). The molecule has 12 nitrogen and oxygen atoms in total. The smallest absolute Gasteiger partial charge is 0.326 e. The monoisotopic (exact) mass is 505 g/mol. The van der Waals surface area contributed by atoms with Crippen molar-refractivity contribution in [2.75, 3.05) is 6.54 Å². The zero-order chi connectivity index (χ0) is 26.8. The summed E-state index contributed by atoms with van der Waals surface area (Å²) in [6.07, 6.45) is 1.14. The highest BCUT2D eigenvalue weighted by Crippen LogP contribution is 2.13. The summed E-state index contributed by atoms with van der Waals surface area (Å²) >= 11 is 0. The lowest BCUT2D eigenvalue weighted by Crippen LogP contribution is -2.58. The van der Waals surface area contributed by atoms with Crippen molar-refractivity contribution in [1.82, 2.24) is 21.3 Å². The maximum absolute atomic E-state index is 13.3. The third-order valence-corrected chi connectivity index (χ3v) is 5.93. The van der Waals surface area contributed by atoms with Gasteiger partial charge in [0.25, 0.3) is 0 Å². The van der Waals surface area contributed by atoms with Crippen LogP contribution in [0.25, 0.3) is 0 Å². The molecular weight excluding hydrogens is 470 g/mol. The molecule has 0 aliphatic carbocycles. The van der Waals surface area contributed by atoms with Gasteiger partial charge in [-0.05, 0) is 49.4 Å². The van der Waals surface area contributed by atoms with Gasteiger partial charge in [0.15, 0.2) is 0 Å². The second-order valence-corrected chi connectivity index (χ2v) is 9.22. The Kier molecular flexibility index (Phi) is 10.7. The van der Waals surface area contributed by atoms with E-state index in [1.54, 1.807) is 26.0 Å². The first kappa shape index (κ1) is 28.6. The van der Waals surface area contributed by atoms with Gasteiger partial charge in [0.05, 0.1) is 6.04 Å². The normalized spacial score (nSPS) is 17.6. The fourth-order valence-electron chi connectivity index (χ4n) is 3.85. The van der Waals surface area contributed by atoms with Crippen LogP contribution >= 0.6 is 0 Å². The Morgan fingerprint density at radius 2 is 1.67 bits per heavy atom. The molecule has 1 saturated heterocycles. The number of aliphatic carboxylic acids is 1. The van der Waals surface area contributed by atoms with E-state index in [0.29, 0.717) is 18.5 Å². The molecule has 0 radical (unpaired) electrons. The fourth-order valence-corrected chi connectivity index (χ4v) is 3.85. The fraction of sp³-hybridized carbons (Fsp3) is 0.542. The van der Waals surface area contributed by atoms with Crippen molar-refractivity contribution in [2.45, 2.75) is 70.1 Å². The van der Waals surface area contributed by atoms with E-state index < -0.39 is 53.8 Å². The van der Waals surface area contributed by atoms with E-state index in [1.807, 2.05) is 0 Å². The molecule has 0 bridgehead atoms. The Balaban J connectivity index is 2.22. The molecule has 1 aromatic rings. The molecule has 8 N–H and O–H groups in total. The number of primary amides is 1. The zero-order valence-electron chi connectivity index (χ0n) is 20.5. The van der Waals surface area contributed by atoms with E-state index in [4.69, 9.17) is 5.73 Å². The van der Waals surface area contributed by atoms with Crippen LogP contribution in [0.15, 0.2) is 24.3 Å². The lowest BCUT2D eigenvalue weighted by atomic mass is 10.0. The number of nitrogens with one attached hydrogen (secondary N) is 4. The molecule has 4 atom stereocenters. The Hall–Kier alpha value is -3.67. The van der Waals surface area contributed by atoms with Gasteiger partial charge in [-0.25, -0.2) is 4.79 Å². The van der Waals surface area contributed by atoms with E-state index in [1.165, 1.54) is 12.1 Å². The number of carbonyl (C=O) groups is 5. The van der Waals surface area contributed by atoms with Crippen LogP contribution in [0.2, 0.25) is 0 Å². The summed E-state index contributed by atoms with van der Waals surface area (Å²) < 4.78 is 0. The van der Waals surface area contributed by atoms with Crippen LogP contribution in [-0.4, -0.2) is 70.5 Å². The summed E-state index contributed by atoms with van der Waals surface area (Å²) in [5.41, 5.74) is 5.87. The summed E-state index contributed by atoms with van der Waals surface area (Å²) in [7, 11) is 0. The second kappa shape index (κ2) is 13.4. The van der Waals surface area contributed by atoms with Crippen molar-refractivity contribution in [3.05, 3.63) is 29.8 Å². The minimum atomic E-state index is -1.26. The van der Waals surface area contributed by atoms with Gasteiger partial charge in [0.2, 0.25) is 23.6 Å². The molecule has 4 amide bonds. The topological polar surface area (TPSA) is 200 Å². The van der Waals surface area contributed by atoms with Gasteiger partial charge in [-0.3, -0.25) is 19.2 Å². The maximum Gasteiger partial charge on any atom is 0.326 e. The minimum Gasteiger partial charge on any atom is -0.508 e. The Bertz CT molecular complexity index is 945. The SMILES string of the molecule is CC(C)C(NC(=O)C(CCC(N)=O)NC(=O)C(Cc1ccc(O)cc1)NC(=O)C1CCCN1)C(=O)O. The molecule has 36 heavy (non-hydrogen) atoms. The molecule has 12 heteroatoms. The average molecular weight is 506 g/mol. The van der Waals surface area contributed by atoms with Gasteiger partial charge in [-0.2, -0.15) is 0 Å². The average Bonchev–Trinajstić information content (AvgIpc) is 3.35. The number of rotatable bonds is 13. The van der Waals surface area contributed by atoms with Crippen LogP contribution in [0.1, 0.15) is 45.1 Å². The summed E-state index contributed by atoms with van der Waals surface area (Å²) in [6.45, 7) is 3.93. The molecule has 4 unspecified atom stereocenters. The number of phenols is 1. The number of phenolic OH excluding ortho intramolecular Hbond substituents is 1. The quantitative estimate of drug-likeness (QED) is 0.180. The number of carboxylic acids is 1. The van der Waals surface area contributed by atoms with Crippen molar-refractivity contribution >= 4 is 29.6 Å². The highest BCUT2D eigenvalue weighted by Gasteiger charge is 2.32. The first-order valence-electron chi connectivity index (χ1n) is 11.9. The van der Waals surface area contributed by atoms with Crippen LogP contribution < -0.4 is 27.0 Å². The van der Waals surface area contributed by atoms with Gasteiger partial charge in [-0.15, -0.1) is 0 Å². The highest BCUT2D eigenvalue weighted by atomic mass is 16.4. The van der Waals surface area contributed by atoms with E-state index >= 15 is 0 Å². The first-order chi connectivity index (χ1) is 17.0. The predicted octanol–water partition coefficient (Wildman–Crippen LogP) is -0.853. The molecule has 2 rings (SSSR count). The van der Waals surface area contributed by atoms with E-state index in [2.05, 4.69) is 21.3 Å². The van der Waals surface area contributed by atoms with E-state index in [-0.39, 0.29) is 30.9 Å². The van der Waals surface area contributed by atoms with Crippen LogP contribution in [0.4, 0.5) is 0 Å². The van der Waals surface area contributed by atoms with Gasteiger partial charge in [-0.1, -0.05) is 26.0 Å².